The lowest BCUT2D eigenvalue weighted by molar-refractivity contribution is 0.415. The number of aryl methyl sites for hydroxylation is 1. The summed E-state index contributed by atoms with van der Waals surface area (Å²) in [5, 5.41) is 0. The normalized spacial score (nSPS) is 9.67. The van der Waals surface area contributed by atoms with Crippen molar-refractivity contribution in [3.63, 3.8) is 0 Å². The van der Waals surface area contributed by atoms with Crippen LogP contribution in [0.15, 0.2) is 30.5 Å². The molecule has 0 saturated carbocycles. The highest BCUT2D eigenvalue weighted by atomic mass is 16.5. The fourth-order valence-corrected chi connectivity index (χ4v) is 1.91. The molecule has 18 heavy (non-hydrogen) atoms. The fourth-order valence-electron chi connectivity index (χ4n) is 1.91. The van der Waals surface area contributed by atoms with Crippen LogP contribution in [0.2, 0.25) is 0 Å². The molecule has 0 aliphatic heterocycles. The van der Waals surface area contributed by atoms with Gasteiger partial charge < -0.3 is 9.30 Å². The zero-order valence-corrected chi connectivity index (χ0v) is 12.2. The van der Waals surface area contributed by atoms with Crippen LogP contribution >= 0.6 is 0 Å². The summed E-state index contributed by atoms with van der Waals surface area (Å²) in [5.74, 6) is 0.897. The maximum Gasteiger partial charge on any atom is 0.118 e. The van der Waals surface area contributed by atoms with Gasteiger partial charge in [-0.05, 0) is 37.1 Å². The van der Waals surface area contributed by atoms with Crippen molar-refractivity contribution in [2.75, 3.05) is 7.11 Å². The first-order valence-corrected chi connectivity index (χ1v) is 6.40. The summed E-state index contributed by atoms with van der Waals surface area (Å²) in [6.07, 6.45) is 2.17. The fraction of sp³-hybridized carbons (Fsp3) is 0.375. The molecule has 0 aliphatic carbocycles. The van der Waals surface area contributed by atoms with E-state index in [9.17, 15) is 0 Å². The Bertz CT molecular complexity index is 495. The maximum atomic E-state index is 5.16. The maximum absolute atomic E-state index is 5.16. The topological polar surface area (TPSA) is 14.2 Å². The van der Waals surface area contributed by atoms with Gasteiger partial charge in [-0.25, -0.2) is 0 Å². The summed E-state index contributed by atoms with van der Waals surface area (Å²) < 4.78 is 7.32. The van der Waals surface area contributed by atoms with Crippen molar-refractivity contribution in [3.05, 3.63) is 41.7 Å². The van der Waals surface area contributed by atoms with Crippen LogP contribution in [0.4, 0.5) is 0 Å². The zero-order chi connectivity index (χ0) is 13.7. The number of hydrogen-bond donors (Lipinski definition) is 0. The van der Waals surface area contributed by atoms with Crippen molar-refractivity contribution in [1.29, 1.82) is 0 Å². The van der Waals surface area contributed by atoms with Gasteiger partial charge in [-0.3, -0.25) is 0 Å². The van der Waals surface area contributed by atoms with Crippen molar-refractivity contribution in [3.8, 4) is 16.9 Å². The molecule has 0 radical (unpaired) electrons. The average Bonchev–Trinajstić information content (AvgIpc) is 2.69. The van der Waals surface area contributed by atoms with E-state index in [1.807, 2.05) is 26.0 Å². The Kier molecular flexibility index (Phi) is 5.02. The number of aromatic nitrogens is 1. The third kappa shape index (κ3) is 2.76. The summed E-state index contributed by atoms with van der Waals surface area (Å²) in [6.45, 7) is 8.30. The smallest absolute Gasteiger partial charge is 0.118 e. The summed E-state index contributed by atoms with van der Waals surface area (Å²) in [5.41, 5.74) is 5.18. The molecule has 0 bridgehead atoms. The van der Waals surface area contributed by atoms with Crippen molar-refractivity contribution in [1.82, 2.24) is 4.57 Å². The minimum absolute atomic E-state index is 0.897. The molecule has 0 amide bonds. The van der Waals surface area contributed by atoms with E-state index < -0.39 is 0 Å². The third-order valence-electron chi connectivity index (χ3n) is 3.20. The van der Waals surface area contributed by atoms with E-state index in [0.29, 0.717) is 0 Å². The Hall–Kier alpha value is -1.70. The standard InChI is InChI=1S/C14H17NO.C2H6/c1-10-11(2)15(3)9-14(10)12-5-7-13(16-4)8-6-12;1-2/h5-9H,1-4H3;1-2H3. The third-order valence-corrected chi connectivity index (χ3v) is 3.20. The zero-order valence-electron chi connectivity index (χ0n) is 12.2. The molecule has 1 aromatic carbocycles. The highest BCUT2D eigenvalue weighted by Gasteiger charge is 2.08. The predicted molar refractivity (Wildman–Crippen MR) is 78.2 cm³/mol. The van der Waals surface area contributed by atoms with Crippen LogP contribution in [0.25, 0.3) is 11.1 Å². The molecule has 0 aliphatic rings. The van der Waals surface area contributed by atoms with Gasteiger partial charge >= 0.3 is 0 Å². The van der Waals surface area contributed by atoms with Crippen LogP contribution in [0.1, 0.15) is 25.1 Å². The molecular formula is C16H23NO. The average molecular weight is 245 g/mol. The first-order chi connectivity index (χ1) is 8.63. The molecule has 2 aromatic rings. The number of rotatable bonds is 2. The van der Waals surface area contributed by atoms with Gasteiger partial charge in [0.25, 0.3) is 0 Å². The van der Waals surface area contributed by atoms with Gasteiger partial charge in [-0.15, -0.1) is 0 Å². The Labute approximate surface area is 110 Å². The number of nitrogens with zero attached hydrogens (tertiary/aromatic N) is 1. The van der Waals surface area contributed by atoms with Crippen LogP contribution in [0.3, 0.4) is 0 Å². The molecule has 1 heterocycles. The van der Waals surface area contributed by atoms with E-state index in [1.54, 1.807) is 7.11 Å². The summed E-state index contributed by atoms with van der Waals surface area (Å²) >= 11 is 0. The second kappa shape index (κ2) is 6.29. The minimum Gasteiger partial charge on any atom is -0.497 e. The molecule has 98 valence electrons. The van der Waals surface area contributed by atoms with E-state index in [1.165, 1.54) is 22.4 Å². The first-order valence-electron chi connectivity index (χ1n) is 6.40. The molecule has 0 fully saturated rings. The molecule has 2 nitrogen and oxygen atoms in total. The van der Waals surface area contributed by atoms with E-state index in [4.69, 9.17) is 4.74 Å². The molecule has 1 aromatic heterocycles. The Morgan fingerprint density at radius 2 is 1.56 bits per heavy atom. The Balaban J connectivity index is 0.000000771. The van der Waals surface area contributed by atoms with Crippen LogP contribution in [0, 0.1) is 13.8 Å². The van der Waals surface area contributed by atoms with Crippen LogP contribution < -0.4 is 4.74 Å². The minimum atomic E-state index is 0.897. The highest BCUT2D eigenvalue weighted by molar-refractivity contribution is 5.68. The lowest BCUT2D eigenvalue weighted by atomic mass is 10.0. The molecule has 0 N–H and O–H groups in total. The second-order valence-electron chi connectivity index (χ2n) is 4.09. The summed E-state index contributed by atoms with van der Waals surface area (Å²) in [7, 11) is 3.77. The number of ether oxygens (including phenoxy) is 1. The van der Waals surface area contributed by atoms with E-state index in [-0.39, 0.29) is 0 Å². The van der Waals surface area contributed by atoms with Crippen LogP contribution in [-0.2, 0) is 7.05 Å². The van der Waals surface area contributed by atoms with E-state index in [2.05, 4.69) is 43.8 Å². The SMILES string of the molecule is CC.COc1ccc(-c2cn(C)c(C)c2C)cc1. The van der Waals surface area contributed by atoms with Crippen molar-refractivity contribution >= 4 is 0 Å². The quantitative estimate of drug-likeness (QED) is 0.767. The van der Waals surface area contributed by atoms with Gasteiger partial charge in [-0.2, -0.15) is 0 Å². The largest absolute Gasteiger partial charge is 0.497 e. The summed E-state index contributed by atoms with van der Waals surface area (Å²) in [4.78, 5) is 0. The Morgan fingerprint density at radius 1 is 1.00 bits per heavy atom. The summed E-state index contributed by atoms with van der Waals surface area (Å²) in [6, 6.07) is 8.19. The Morgan fingerprint density at radius 3 is 1.94 bits per heavy atom. The molecule has 0 saturated heterocycles. The first kappa shape index (κ1) is 14.4. The van der Waals surface area contributed by atoms with Gasteiger partial charge in [-0.1, -0.05) is 26.0 Å². The van der Waals surface area contributed by atoms with E-state index in [0.717, 1.165) is 5.75 Å². The van der Waals surface area contributed by atoms with Gasteiger partial charge in [0.05, 0.1) is 7.11 Å². The van der Waals surface area contributed by atoms with Crippen molar-refractivity contribution in [2.45, 2.75) is 27.7 Å². The molecular weight excluding hydrogens is 222 g/mol. The number of hydrogen-bond acceptors (Lipinski definition) is 1. The molecule has 0 atom stereocenters. The van der Waals surface area contributed by atoms with E-state index >= 15 is 0 Å². The molecule has 0 unspecified atom stereocenters. The molecule has 0 spiro atoms. The van der Waals surface area contributed by atoms with Crippen LogP contribution in [0.5, 0.6) is 5.75 Å². The highest BCUT2D eigenvalue weighted by Crippen LogP contribution is 2.28. The van der Waals surface area contributed by atoms with Crippen molar-refractivity contribution < 1.29 is 4.74 Å². The lowest BCUT2D eigenvalue weighted by Crippen LogP contribution is -1.87. The van der Waals surface area contributed by atoms with Gasteiger partial charge in [0.1, 0.15) is 5.75 Å². The molecule has 2 heteroatoms. The van der Waals surface area contributed by atoms with Gasteiger partial charge in [0.2, 0.25) is 0 Å². The number of benzene rings is 1. The monoisotopic (exact) mass is 245 g/mol. The number of methoxy groups -OCH3 is 1. The molecule has 2 rings (SSSR count). The second-order valence-corrected chi connectivity index (χ2v) is 4.09. The predicted octanol–water partition coefficient (Wildman–Crippen LogP) is 4.34. The lowest BCUT2D eigenvalue weighted by Gasteiger charge is -2.03. The van der Waals surface area contributed by atoms with Crippen LogP contribution in [-0.4, -0.2) is 11.7 Å². The van der Waals surface area contributed by atoms with Gasteiger partial charge in [0.15, 0.2) is 0 Å². The van der Waals surface area contributed by atoms with Gasteiger partial charge in [0, 0.05) is 24.5 Å². The van der Waals surface area contributed by atoms with Crippen molar-refractivity contribution in [2.24, 2.45) is 7.05 Å².